The molecule has 1 N–H and O–H groups in total. The number of hydrogen-bond donors (Lipinski definition) is 1. The van der Waals surface area contributed by atoms with Crippen LogP contribution in [0.5, 0.6) is 0 Å². The highest BCUT2D eigenvalue weighted by atomic mass is 32.2. The number of aryl methyl sites for hydroxylation is 2. The number of rotatable bonds is 5. The molecule has 0 aliphatic carbocycles. The summed E-state index contributed by atoms with van der Waals surface area (Å²) in [7, 11) is -3.58. The number of hydrogen-bond acceptors (Lipinski definition) is 2. The Hall–Kier alpha value is -0.940. The molecule has 18 heavy (non-hydrogen) atoms. The molecule has 0 saturated heterocycles. The first kappa shape index (κ1) is 15.1. The van der Waals surface area contributed by atoms with Crippen LogP contribution in [0.2, 0.25) is 0 Å². The maximum atomic E-state index is 13.2. The van der Waals surface area contributed by atoms with Crippen LogP contribution in [0.25, 0.3) is 0 Å². The number of benzene rings is 1. The van der Waals surface area contributed by atoms with Crippen LogP contribution >= 0.6 is 0 Å². The molecule has 1 atom stereocenters. The van der Waals surface area contributed by atoms with Crippen molar-refractivity contribution in [2.45, 2.75) is 51.5 Å². The van der Waals surface area contributed by atoms with Crippen LogP contribution in [0.15, 0.2) is 17.0 Å². The normalized spacial score (nSPS) is 13.6. The van der Waals surface area contributed by atoms with Gasteiger partial charge in [0.1, 0.15) is 5.82 Å². The van der Waals surface area contributed by atoms with Crippen molar-refractivity contribution in [1.82, 2.24) is 4.72 Å². The third-order valence-electron chi connectivity index (χ3n) is 2.77. The van der Waals surface area contributed by atoms with Gasteiger partial charge in [0.05, 0.1) is 4.90 Å². The minimum atomic E-state index is -3.58. The van der Waals surface area contributed by atoms with Crippen molar-refractivity contribution < 1.29 is 12.8 Å². The summed E-state index contributed by atoms with van der Waals surface area (Å²) in [5.41, 5.74) is 0.868. The molecule has 0 spiro atoms. The summed E-state index contributed by atoms with van der Waals surface area (Å²) in [6.07, 6.45) is 1.68. The predicted octanol–water partition coefficient (Wildman–Crippen LogP) is 2.91. The third kappa shape index (κ3) is 3.53. The van der Waals surface area contributed by atoms with E-state index in [4.69, 9.17) is 0 Å². The summed E-state index contributed by atoms with van der Waals surface area (Å²) in [4.78, 5) is 0.187. The Labute approximate surface area is 108 Å². The predicted molar refractivity (Wildman–Crippen MR) is 70.6 cm³/mol. The van der Waals surface area contributed by atoms with E-state index in [0.29, 0.717) is 11.1 Å². The Kier molecular flexibility index (Phi) is 4.87. The fraction of sp³-hybridized carbons (Fsp3) is 0.538. The Morgan fingerprint density at radius 2 is 1.78 bits per heavy atom. The van der Waals surface area contributed by atoms with Gasteiger partial charge >= 0.3 is 0 Å². The summed E-state index contributed by atoms with van der Waals surface area (Å²) >= 11 is 0. The molecular formula is C13H20FNO2S. The van der Waals surface area contributed by atoms with Gasteiger partial charge in [0.2, 0.25) is 10.0 Å². The van der Waals surface area contributed by atoms with Crippen molar-refractivity contribution >= 4 is 10.0 Å². The van der Waals surface area contributed by atoms with Gasteiger partial charge in [-0.15, -0.1) is 0 Å². The lowest BCUT2D eigenvalue weighted by Crippen LogP contribution is -2.33. The molecule has 1 aromatic carbocycles. The van der Waals surface area contributed by atoms with Gasteiger partial charge in [-0.2, -0.15) is 0 Å². The molecule has 0 saturated carbocycles. The van der Waals surface area contributed by atoms with Crippen molar-refractivity contribution in [3.8, 4) is 0 Å². The lowest BCUT2D eigenvalue weighted by Gasteiger charge is -2.16. The van der Waals surface area contributed by atoms with E-state index in [2.05, 4.69) is 4.72 Å². The maximum Gasteiger partial charge on any atom is 0.241 e. The van der Waals surface area contributed by atoms with Crippen LogP contribution in [0.4, 0.5) is 4.39 Å². The molecule has 0 aromatic heterocycles. The van der Waals surface area contributed by atoms with Crippen LogP contribution < -0.4 is 4.72 Å². The van der Waals surface area contributed by atoms with Gasteiger partial charge in [-0.3, -0.25) is 0 Å². The van der Waals surface area contributed by atoms with Crippen LogP contribution in [0.1, 0.15) is 37.8 Å². The third-order valence-corrected chi connectivity index (χ3v) is 4.67. The minimum absolute atomic E-state index is 0.121. The van der Waals surface area contributed by atoms with E-state index in [9.17, 15) is 12.8 Å². The monoisotopic (exact) mass is 273 g/mol. The summed E-state index contributed by atoms with van der Waals surface area (Å²) in [5, 5.41) is 0. The fourth-order valence-corrected chi connectivity index (χ4v) is 3.87. The van der Waals surface area contributed by atoms with Crippen molar-refractivity contribution in [3.63, 3.8) is 0 Å². The lowest BCUT2D eigenvalue weighted by atomic mass is 10.1. The molecule has 0 fully saturated rings. The van der Waals surface area contributed by atoms with E-state index in [-0.39, 0.29) is 10.9 Å². The maximum absolute atomic E-state index is 13.2. The van der Waals surface area contributed by atoms with Crippen molar-refractivity contribution in [2.24, 2.45) is 0 Å². The molecule has 0 radical (unpaired) electrons. The second kappa shape index (κ2) is 5.80. The number of sulfonamides is 1. The van der Waals surface area contributed by atoms with Gasteiger partial charge in [0.15, 0.2) is 0 Å². The van der Waals surface area contributed by atoms with E-state index in [1.54, 1.807) is 13.8 Å². The van der Waals surface area contributed by atoms with Gasteiger partial charge in [-0.05, 0) is 50.5 Å². The van der Waals surface area contributed by atoms with Crippen LogP contribution in [0.3, 0.4) is 0 Å². The molecule has 0 heterocycles. The first-order valence-corrected chi connectivity index (χ1v) is 7.55. The summed E-state index contributed by atoms with van der Waals surface area (Å²) in [6.45, 7) is 7.04. The Balaban J connectivity index is 3.13. The molecule has 5 heteroatoms. The highest BCUT2D eigenvalue weighted by molar-refractivity contribution is 7.89. The average Bonchev–Trinajstić information content (AvgIpc) is 2.13. The van der Waals surface area contributed by atoms with Gasteiger partial charge < -0.3 is 0 Å². The van der Waals surface area contributed by atoms with Crippen molar-refractivity contribution in [2.75, 3.05) is 0 Å². The van der Waals surface area contributed by atoms with E-state index in [1.807, 2.05) is 13.8 Å². The Morgan fingerprint density at radius 3 is 2.22 bits per heavy atom. The average molecular weight is 273 g/mol. The first-order valence-electron chi connectivity index (χ1n) is 6.07. The quantitative estimate of drug-likeness (QED) is 0.896. The second-order valence-corrected chi connectivity index (χ2v) is 6.33. The van der Waals surface area contributed by atoms with Crippen LogP contribution in [0, 0.1) is 19.7 Å². The van der Waals surface area contributed by atoms with Gasteiger partial charge in [0.25, 0.3) is 0 Å². The second-order valence-electron chi connectivity index (χ2n) is 4.68. The highest BCUT2D eigenvalue weighted by Crippen LogP contribution is 2.21. The zero-order valence-corrected chi connectivity index (χ0v) is 12.1. The van der Waals surface area contributed by atoms with Crippen LogP contribution in [-0.2, 0) is 10.0 Å². The van der Waals surface area contributed by atoms with Gasteiger partial charge in [-0.1, -0.05) is 13.3 Å². The number of halogens is 1. The minimum Gasteiger partial charge on any atom is -0.208 e. The van der Waals surface area contributed by atoms with E-state index in [0.717, 1.165) is 12.8 Å². The first-order chi connectivity index (χ1) is 8.27. The van der Waals surface area contributed by atoms with Gasteiger partial charge in [-0.25, -0.2) is 17.5 Å². The Morgan fingerprint density at radius 1 is 1.28 bits per heavy atom. The fourth-order valence-electron chi connectivity index (χ4n) is 2.14. The molecule has 1 aromatic rings. The molecular weight excluding hydrogens is 253 g/mol. The SMILES string of the molecule is CCCC(C)NS(=O)(=O)c1c(C)cc(F)cc1C. The summed E-state index contributed by atoms with van der Waals surface area (Å²) < 4.78 is 40.3. The van der Waals surface area contributed by atoms with Crippen molar-refractivity contribution in [1.29, 1.82) is 0 Å². The standard InChI is InChI=1S/C13H20FNO2S/c1-5-6-11(4)15-18(16,17)13-9(2)7-12(14)8-10(13)3/h7-8,11,15H,5-6H2,1-4H3. The smallest absolute Gasteiger partial charge is 0.208 e. The van der Waals surface area contributed by atoms with Crippen molar-refractivity contribution in [3.05, 3.63) is 29.1 Å². The zero-order chi connectivity index (χ0) is 13.9. The molecule has 102 valence electrons. The molecule has 0 aliphatic rings. The van der Waals surface area contributed by atoms with E-state index < -0.39 is 15.8 Å². The topological polar surface area (TPSA) is 46.2 Å². The molecule has 0 bridgehead atoms. The van der Waals surface area contributed by atoms with Crippen LogP contribution in [-0.4, -0.2) is 14.5 Å². The summed E-state index contributed by atoms with van der Waals surface area (Å²) in [5.74, 6) is -0.412. The molecule has 0 amide bonds. The molecule has 1 unspecified atom stereocenters. The summed E-state index contributed by atoms with van der Waals surface area (Å²) in [6, 6.07) is 2.36. The largest absolute Gasteiger partial charge is 0.241 e. The van der Waals surface area contributed by atoms with E-state index in [1.165, 1.54) is 12.1 Å². The molecule has 1 rings (SSSR count). The number of nitrogens with one attached hydrogen (secondary N) is 1. The lowest BCUT2D eigenvalue weighted by molar-refractivity contribution is 0.542. The highest BCUT2D eigenvalue weighted by Gasteiger charge is 2.22. The van der Waals surface area contributed by atoms with Gasteiger partial charge in [0, 0.05) is 6.04 Å². The zero-order valence-electron chi connectivity index (χ0n) is 11.2. The van der Waals surface area contributed by atoms with E-state index >= 15 is 0 Å². The Bertz CT molecular complexity index is 503. The molecule has 3 nitrogen and oxygen atoms in total. The molecule has 0 aliphatic heterocycles.